The molecule has 0 bridgehead atoms. The van der Waals surface area contributed by atoms with E-state index >= 15 is 0 Å². The molecule has 1 aliphatic rings. The van der Waals surface area contributed by atoms with Crippen molar-refractivity contribution in [2.24, 2.45) is 0 Å². The van der Waals surface area contributed by atoms with Crippen LogP contribution in [0.4, 0.5) is 6.01 Å². The van der Waals surface area contributed by atoms with Crippen molar-refractivity contribution in [2.45, 2.75) is 38.6 Å². The Morgan fingerprint density at radius 3 is 2.85 bits per heavy atom. The number of aliphatic carboxylic acids is 1. The minimum absolute atomic E-state index is 0.0103. The summed E-state index contributed by atoms with van der Waals surface area (Å²) in [6.45, 7) is 4.42. The first-order valence-electron chi connectivity index (χ1n) is 6.57. The summed E-state index contributed by atoms with van der Waals surface area (Å²) >= 11 is 0. The van der Waals surface area contributed by atoms with Crippen LogP contribution in [0, 0.1) is 0 Å². The number of anilines is 1. The topological polar surface area (TPSA) is 109 Å². The average molecular weight is 282 g/mol. The number of aromatic nitrogens is 2. The highest BCUT2D eigenvalue weighted by molar-refractivity contribution is 5.90. The Hall–Kier alpha value is -1.96. The maximum atomic E-state index is 11.8. The number of rotatable bonds is 5. The fraction of sp³-hybridized carbons (Fsp3) is 0.667. The number of carboxylic acid groups (broad SMARTS) is 1. The number of nitrogens with one attached hydrogen (secondary N) is 1. The van der Waals surface area contributed by atoms with Gasteiger partial charge in [0.25, 0.3) is 0 Å². The Kier molecular flexibility index (Phi) is 4.33. The Labute approximate surface area is 116 Å². The molecule has 1 amide bonds. The van der Waals surface area contributed by atoms with Gasteiger partial charge in [-0.25, -0.2) is 0 Å². The van der Waals surface area contributed by atoms with Crippen molar-refractivity contribution in [1.82, 2.24) is 15.1 Å². The molecular weight excluding hydrogens is 264 g/mol. The van der Waals surface area contributed by atoms with Gasteiger partial charge in [-0.15, -0.1) is 5.10 Å². The Balaban J connectivity index is 1.90. The predicted octanol–water partition coefficient (Wildman–Crippen LogP) is 0.680. The molecule has 8 nitrogen and oxygen atoms in total. The van der Waals surface area contributed by atoms with E-state index in [1.807, 2.05) is 13.8 Å². The average Bonchev–Trinajstić information content (AvgIpc) is 2.97. The minimum atomic E-state index is -0.893. The molecule has 8 heteroatoms. The summed E-state index contributed by atoms with van der Waals surface area (Å²) < 4.78 is 5.27. The molecule has 2 rings (SSSR count). The molecule has 0 radical (unpaired) electrons. The quantitative estimate of drug-likeness (QED) is 0.817. The molecule has 0 saturated carbocycles. The molecule has 20 heavy (non-hydrogen) atoms. The molecule has 1 aromatic rings. The number of carbonyl (C=O) groups excluding carboxylic acids is 1. The monoisotopic (exact) mass is 282 g/mol. The second-order valence-electron chi connectivity index (χ2n) is 5.12. The third-order valence-corrected chi connectivity index (χ3v) is 3.18. The van der Waals surface area contributed by atoms with E-state index in [1.165, 1.54) is 0 Å². The molecule has 1 saturated heterocycles. The van der Waals surface area contributed by atoms with E-state index in [-0.39, 0.29) is 24.4 Å². The summed E-state index contributed by atoms with van der Waals surface area (Å²) in [4.78, 5) is 24.5. The molecular formula is C12H18N4O4. The van der Waals surface area contributed by atoms with Crippen LogP contribution < -0.4 is 5.32 Å². The van der Waals surface area contributed by atoms with E-state index in [1.54, 1.807) is 4.90 Å². The van der Waals surface area contributed by atoms with Crippen molar-refractivity contribution in [1.29, 1.82) is 0 Å². The number of nitrogens with zero attached hydrogens (tertiary/aromatic N) is 3. The van der Waals surface area contributed by atoms with Crippen LogP contribution in [-0.4, -0.2) is 51.2 Å². The van der Waals surface area contributed by atoms with Crippen molar-refractivity contribution in [3.63, 3.8) is 0 Å². The normalized spacial score (nSPS) is 19.4. The van der Waals surface area contributed by atoms with Crippen LogP contribution >= 0.6 is 0 Å². The maximum absolute atomic E-state index is 11.8. The lowest BCUT2D eigenvalue weighted by atomic mass is 10.2. The highest BCUT2D eigenvalue weighted by atomic mass is 16.4. The Morgan fingerprint density at radius 2 is 2.25 bits per heavy atom. The largest absolute Gasteiger partial charge is 0.480 e. The van der Waals surface area contributed by atoms with E-state index in [9.17, 15) is 9.59 Å². The summed E-state index contributed by atoms with van der Waals surface area (Å²) in [6.07, 6.45) is 1.35. The lowest BCUT2D eigenvalue weighted by Gasteiger charge is -2.19. The fourth-order valence-corrected chi connectivity index (χ4v) is 2.16. The van der Waals surface area contributed by atoms with Gasteiger partial charge in [-0.2, -0.15) is 0 Å². The molecule has 0 aliphatic carbocycles. The molecule has 110 valence electrons. The van der Waals surface area contributed by atoms with Crippen LogP contribution in [0.2, 0.25) is 0 Å². The number of carbonyl (C=O) groups is 2. The van der Waals surface area contributed by atoms with Crippen LogP contribution in [0.3, 0.4) is 0 Å². The zero-order valence-electron chi connectivity index (χ0n) is 11.5. The van der Waals surface area contributed by atoms with Gasteiger partial charge in [0.2, 0.25) is 11.8 Å². The van der Waals surface area contributed by atoms with E-state index in [0.717, 1.165) is 6.42 Å². The lowest BCUT2D eigenvalue weighted by Crippen LogP contribution is -2.40. The van der Waals surface area contributed by atoms with Gasteiger partial charge < -0.3 is 9.52 Å². The second kappa shape index (κ2) is 6.00. The molecule has 0 aromatic carbocycles. The number of amides is 1. The van der Waals surface area contributed by atoms with Gasteiger partial charge in [0.05, 0.1) is 6.54 Å². The SMILES string of the molecule is CC(C)c1nnc(NC(=O)CN2CCCC2C(=O)O)o1. The molecule has 1 atom stereocenters. The maximum Gasteiger partial charge on any atom is 0.322 e. The minimum Gasteiger partial charge on any atom is -0.480 e. The lowest BCUT2D eigenvalue weighted by molar-refractivity contribution is -0.142. The van der Waals surface area contributed by atoms with Gasteiger partial charge in [0.15, 0.2) is 0 Å². The van der Waals surface area contributed by atoms with Gasteiger partial charge in [-0.05, 0) is 19.4 Å². The van der Waals surface area contributed by atoms with Gasteiger partial charge in [-0.3, -0.25) is 19.8 Å². The molecule has 1 unspecified atom stereocenters. The number of carboxylic acids is 1. The first-order valence-corrected chi connectivity index (χ1v) is 6.57. The van der Waals surface area contributed by atoms with Crippen molar-refractivity contribution in [3.05, 3.63) is 5.89 Å². The fourth-order valence-electron chi connectivity index (χ4n) is 2.16. The van der Waals surface area contributed by atoms with Crippen molar-refractivity contribution >= 4 is 17.9 Å². The van der Waals surface area contributed by atoms with Gasteiger partial charge >= 0.3 is 12.0 Å². The van der Waals surface area contributed by atoms with Crippen LogP contribution in [0.1, 0.15) is 38.5 Å². The van der Waals surface area contributed by atoms with E-state index < -0.39 is 12.0 Å². The summed E-state index contributed by atoms with van der Waals surface area (Å²) in [7, 11) is 0. The third-order valence-electron chi connectivity index (χ3n) is 3.18. The summed E-state index contributed by atoms with van der Waals surface area (Å²) in [5, 5.41) is 19.1. The molecule has 1 aromatic heterocycles. The summed E-state index contributed by atoms with van der Waals surface area (Å²) in [5.74, 6) is -0.708. The Morgan fingerprint density at radius 1 is 1.50 bits per heavy atom. The Bertz CT molecular complexity index is 499. The molecule has 2 N–H and O–H groups in total. The van der Waals surface area contributed by atoms with Crippen molar-refractivity contribution in [3.8, 4) is 0 Å². The predicted molar refractivity (Wildman–Crippen MR) is 69.2 cm³/mol. The highest BCUT2D eigenvalue weighted by Gasteiger charge is 2.31. The first kappa shape index (κ1) is 14.4. The van der Waals surface area contributed by atoms with Crippen LogP contribution in [0.15, 0.2) is 4.42 Å². The smallest absolute Gasteiger partial charge is 0.322 e. The van der Waals surface area contributed by atoms with Crippen molar-refractivity contribution < 1.29 is 19.1 Å². The number of hydrogen-bond acceptors (Lipinski definition) is 6. The van der Waals surface area contributed by atoms with Gasteiger partial charge in [0, 0.05) is 5.92 Å². The van der Waals surface area contributed by atoms with Crippen LogP contribution in [-0.2, 0) is 9.59 Å². The summed E-state index contributed by atoms with van der Waals surface area (Å²) in [6, 6.07) is -0.542. The van der Waals surface area contributed by atoms with Crippen LogP contribution in [0.5, 0.6) is 0 Å². The third kappa shape index (κ3) is 3.32. The second-order valence-corrected chi connectivity index (χ2v) is 5.12. The molecule has 1 aliphatic heterocycles. The van der Waals surface area contributed by atoms with Crippen molar-refractivity contribution in [2.75, 3.05) is 18.4 Å². The standard InChI is InChI=1S/C12H18N4O4/c1-7(2)10-14-15-12(20-10)13-9(17)6-16-5-3-4-8(16)11(18)19/h7-8H,3-6H2,1-2H3,(H,18,19)(H,13,15,17). The zero-order chi connectivity index (χ0) is 14.7. The molecule has 1 fully saturated rings. The van der Waals surface area contributed by atoms with E-state index in [4.69, 9.17) is 9.52 Å². The molecule has 2 heterocycles. The first-order chi connectivity index (χ1) is 9.47. The van der Waals surface area contributed by atoms with Gasteiger partial charge in [0.1, 0.15) is 6.04 Å². The van der Waals surface area contributed by atoms with Gasteiger partial charge in [-0.1, -0.05) is 18.9 Å². The van der Waals surface area contributed by atoms with E-state index in [2.05, 4.69) is 15.5 Å². The highest BCUT2D eigenvalue weighted by Crippen LogP contribution is 2.18. The van der Waals surface area contributed by atoms with Crippen LogP contribution in [0.25, 0.3) is 0 Å². The number of likely N-dealkylation sites (tertiary alicyclic amines) is 1. The zero-order valence-corrected chi connectivity index (χ0v) is 11.5. The molecule has 0 spiro atoms. The number of hydrogen-bond donors (Lipinski definition) is 2. The summed E-state index contributed by atoms with van der Waals surface area (Å²) in [5.41, 5.74) is 0. The van der Waals surface area contributed by atoms with E-state index in [0.29, 0.717) is 18.9 Å².